The molecule has 9 heteroatoms. The smallest absolute Gasteiger partial charge is 0.265 e. The largest absolute Gasteiger partial charge is 0.497 e. The SMILES string of the molecule is COc1cccc(NS(=O)(=O)c2cc(CN3C(=O)[C@H]4CCCC[C@@H]4C3=O)ccc2OC)c1. The molecule has 1 N–H and O–H groups in total. The maximum Gasteiger partial charge on any atom is 0.265 e. The predicted octanol–water partition coefficient (Wildman–Crippen LogP) is 3.18. The van der Waals surface area contributed by atoms with Gasteiger partial charge in [-0.2, -0.15) is 0 Å². The lowest BCUT2D eigenvalue weighted by molar-refractivity contribution is -0.140. The number of fused-ring (bicyclic) bond motifs is 1. The standard InChI is InChI=1S/C23H26N2O6S/c1-30-17-7-5-6-16(13-17)24-32(28,29)21-12-15(10-11-20(21)31-2)14-25-22(26)18-8-3-4-9-19(18)23(25)27/h5-7,10-13,18-19,24H,3-4,8-9,14H2,1-2H3/t18-,19-/m0/s1. The first-order valence-corrected chi connectivity index (χ1v) is 12.0. The van der Waals surface area contributed by atoms with E-state index < -0.39 is 10.0 Å². The summed E-state index contributed by atoms with van der Waals surface area (Å²) < 4.78 is 39.2. The molecule has 2 aromatic rings. The van der Waals surface area contributed by atoms with Crippen LogP contribution in [0.1, 0.15) is 31.2 Å². The van der Waals surface area contributed by atoms with Crippen LogP contribution in [0, 0.1) is 11.8 Å². The number of hydrogen-bond acceptors (Lipinski definition) is 6. The molecule has 1 heterocycles. The minimum absolute atomic E-state index is 0.0380. The van der Waals surface area contributed by atoms with E-state index in [0.717, 1.165) is 25.7 Å². The fraction of sp³-hybridized carbons (Fsp3) is 0.391. The van der Waals surface area contributed by atoms with Gasteiger partial charge in [0.05, 0.1) is 38.3 Å². The number of nitrogens with one attached hydrogen (secondary N) is 1. The molecular formula is C23H26N2O6S. The van der Waals surface area contributed by atoms with Crippen molar-refractivity contribution >= 4 is 27.5 Å². The van der Waals surface area contributed by atoms with Crippen LogP contribution in [-0.4, -0.2) is 39.4 Å². The summed E-state index contributed by atoms with van der Waals surface area (Å²) in [6.07, 6.45) is 3.38. The average Bonchev–Trinajstić information content (AvgIpc) is 3.04. The fourth-order valence-corrected chi connectivity index (χ4v) is 5.77. The van der Waals surface area contributed by atoms with Gasteiger partial charge in [-0.3, -0.25) is 19.2 Å². The van der Waals surface area contributed by atoms with E-state index in [4.69, 9.17) is 9.47 Å². The van der Waals surface area contributed by atoms with Gasteiger partial charge in [0.25, 0.3) is 10.0 Å². The Morgan fingerprint density at radius 3 is 2.28 bits per heavy atom. The number of benzene rings is 2. The summed E-state index contributed by atoms with van der Waals surface area (Å²) in [6, 6.07) is 11.2. The van der Waals surface area contributed by atoms with Crippen molar-refractivity contribution in [2.45, 2.75) is 37.1 Å². The van der Waals surface area contributed by atoms with E-state index in [1.807, 2.05) is 0 Å². The lowest BCUT2D eigenvalue weighted by Crippen LogP contribution is -2.30. The quantitative estimate of drug-likeness (QED) is 0.640. The van der Waals surface area contributed by atoms with Crippen LogP contribution >= 0.6 is 0 Å². The van der Waals surface area contributed by atoms with Gasteiger partial charge in [0, 0.05) is 6.07 Å². The third-order valence-corrected chi connectivity index (χ3v) is 7.52. The molecule has 1 saturated carbocycles. The Balaban J connectivity index is 1.61. The second-order valence-corrected chi connectivity index (χ2v) is 9.73. The molecule has 1 saturated heterocycles. The minimum atomic E-state index is -4.00. The summed E-state index contributed by atoms with van der Waals surface area (Å²) in [5.41, 5.74) is 0.878. The summed E-state index contributed by atoms with van der Waals surface area (Å²) in [5, 5.41) is 0. The van der Waals surface area contributed by atoms with E-state index in [2.05, 4.69) is 4.72 Å². The fourth-order valence-electron chi connectivity index (χ4n) is 4.50. The first-order chi connectivity index (χ1) is 15.3. The number of methoxy groups -OCH3 is 2. The topological polar surface area (TPSA) is 102 Å². The van der Waals surface area contributed by atoms with Crippen LogP contribution in [0.3, 0.4) is 0 Å². The van der Waals surface area contributed by atoms with E-state index in [1.165, 1.54) is 31.3 Å². The second kappa shape index (κ2) is 8.82. The molecule has 1 aliphatic carbocycles. The summed E-state index contributed by atoms with van der Waals surface area (Å²) in [4.78, 5) is 26.8. The van der Waals surface area contributed by atoms with Crippen LogP contribution in [0.5, 0.6) is 11.5 Å². The number of carbonyl (C=O) groups is 2. The number of amides is 2. The first-order valence-electron chi connectivity index (χ1n) is 10.5. The van der Waals surface area contributed by atoms with Crippen LogP contribution in [0.2, 0.25) is 0 Å². The van der Waals surface area contributed by atoms with Crippen molar-refractivity contribution in [3.63, 3.8) is 0 Å². The highest BCUT2D eigenvalue weighted by molar-refractivity contribution is 7.92. The highest BCUT2D eigenvalue weighted by atomic mass is 32.2. The third kappa shape index (κ3) is 4.17. The molecule has 2 atom stereocenters. The highest BCUT2D eigenvalue weighted by Crippen LogP contribution is 2.39. The molecule has 0 spiro atoms. The number of ether oxygens (including phenoxy) is 2. The molecule has 0 aromatic heterocycles. The van der Waals surface area contributed by atoms with Crippen molar-refractivity contribution in [2.24, 2.45) is 11.8 Å². The van der Waals surface area contributed by atoms with Crippen LogP contribution in [0.4, 0.5) is 5.69 Å². The Labute approximate surface area is 187 Å². The second-order valence-electron chi connectivity index (χ2n) is 8.08. The first kappa shape index (κ1) is 22.1. The lowest BCUT2D eigenvalue weighted by Gasteiger charge is -2.19. The molecular weight excluding hydrogens is 432 g/mol. The van der Waals surface area contributed by atoms with Gasteiger partial charge in [-0.25, -0.2) is 8.42 Å². The molecule has 0 bridgehead atoms. The van der Waals surface area contributed by atoms with Crippen LogP contribution in [0.15, 0.2) is 47.4 Å². The number of hydrogen-bond donors (Lipinski definition) is 1. The molecule has 8 nitrogen and oxygen atoms in total. The van der Waals surface area contributed by atoms with E-state index in [1.54, 1.807) is 30.3 Å². The Morgan fingerprint density at radius 1 is 0.969 bits per heavy atom. The van der Waals surface area contributed by atoms with Gasteiger partial charge in [-0.05, 0) is 42.7 Å². The van der Waals surface area contributed by atoms with E-state index in [0.29, 0.717) is 17.0 Å². The molecule has 0 radical (unpaired) electrons. The number of nitrogens with zero attached hydrogens (tertiary/aromatic N) is 1. The average molecular weight is 459 g/mol. The number of likely N-dealkylation sites (tertiary alicyclic amines) is 1. The minimum Gasteiger partial charge on any atom is -0.497 e. The highest BCUT2D eigenvalue weighted by Gasteiger charge is 2.47. The molecule has 2 aromatic carbocycles. The van der Waals surface area contributed by atoms with Gasteiger partial charge in [-0.15, -0.1) is 0 Å². The Kier molecular flexibility index (Phi) is 6.10. The van der Waals surface area contributed by atoms with Crippen molar-refractivity contribution < 1.29 is 27.5 Å². The number of imide groups is 1. The van der Waals surface area contributed by atoms with Crippen molar-refractivity contribution in [2.75, 3.05) is 18.9 Å². The molecule has 170 valence electrons. The van der Waals surface area contributed by atoms with Crippen LogP contribution < -0.4 is 14.2 Å². The Morgan fingerprint density at radius 2 is 1.66 bits per heavy atom. The summed E-state index contributed by atoms with van der Waals surface area (Å²) in [7, 11) is -1.12. The van der Waals surface area contributed by atoms with Crippen molar-refractivity contribution in [3.8, 4) is 11.5 Å². The van der Waals surface area contributed by atoms with Crippen LogP contribution in [-0.2, 0) is 26.2 Å². The zero-order valence-corrected chi connectivity index (χ0v) is 18.9. The Bertz CT molecular complexity index is 1120. The number of rotatable bonds is 7. The number of sulfonamides is 1. The molecule has 32 heavy (non-hydrogen) atoms. The molecule has 2 fully saturated rings. The van der Waals surface area contributed by atoms with Crippen LogP contribution in [0.25, 0.3) is 0 Å². The molecule has 0 unspecified atom stereocenters. The summed E-state index contributed by atoms with van der Waals surface area (Å²) in [5.74, 6) is -0.126. The van der Waals surface area contributed by atoms with Gasteiger partial charge in [0.1, 0.15) is 16.4 Å². The van der Waals surface area contributed by atoms with E-state index in [9.17, 15) is 18.0 Å². The molecule has 2 amide bonds. The monoisotopic (exact) mass is 458 g/mol. The summed E-state index contributed by atoms with van der Waals surface area (Å²) >= 11 is 0. The van der Waals surface area contributed by atoms with Gasteiger partial charge in [0.15, 0.2) is 0 Å². The van der Waals surface area contributed by atoms with E-state index >= 15 is 0 Å². The zero-order chi connectivity index (χ0) is 22.9. The number of anilines is 1. The predicted molar refractivity (Wildman–Crippen MR) is 118 cm³/mol. The molecule has 2 aliphatic rings. The van der Waals surface area contributed by atoms with Gasteiger partial charge < -0.3 is 9.47 Å². The normalized spacial score (nSPS) is 20.8. The molecule has 4 rings (SSSR count). The molecule has 1 aliphatic heterocycles. The van der Waals surface area contributed by atoms with Crippen molar-refractivity contribution in [1.82, 2.24) is 4.90 Å². The maximum absolute atomic E-state index is 13.1. The van der Waals surface area contributed by atoms with Gasteiger partial charge in [-0.1, -0.05) is 25.0 Å². The van der Waals surface area contributed by atoms with Crippen molar-refractivity contribution in [3.05, 3.63) is 48.0 Å². The van der Waals surface area contributed by atoms with E-state index in [-0.39, 0.29) is 40.8 Å². The lowest BCUT2D eigenvalue weighted by atomic mass is 9.81. The van der Waals surface area contributed by atoms with Gasteiger partial charge >= 0.3 is 0 Å². The van der Waals surface area contributed by atoms with Gasteiger partial charge in [0.2, 0.25) is 11.8 Å². The maximum atomic E-state index is 13.1. The Hall–Kier alpha value is -3.07. The third-order valence-electron chi connectivity index (χ3n) is 6.11. The zero-order valence-electron chi connectivity index (χ0n) is 18.0. The number of carbonyl (C=O) groups excluding carboxylic acids is 2. The van der Waals surface area contributed by atoms with Crippen molar-refractivity contribution in [1.29, 1.82) is 0 Å². The summed E-state index contributed by atoms with van der Waals surface area (Å²) in [6.45, 7) is 0.0380.